The lowest BCUT2D eigenvalue weighted by atomic mass is 10.1. The Kier molecular flexibility index (Phi) is 6.62. The summed E-state index contributed by atoms with van der Waals surface area (Å²) in [5, 5.41) is 9.52. The predicted molar refractivity (Wildman–Crippen MR) is 88.3 cm³/mol. The van der Waals surface area contributed by atoms with Crippen LogP contribution in [0.4, 0.5) is 0 Å². The monoisotopic (exact) mass is 337 g/mol. The van der Waals surface area contributed by atoms with Crippen LogP contribution in [-0.4, -0.2) is 47.7 Å². The maximum atomic E-state index is 12.5. The Morgan fingerprint density at radius 1 is 1.26 bits per heavy atom. The lowest BCUT2D eigenvalue weighted by Crippen LogP contribution is -2.43. The lowest BCUT2D eigenvalue weighted by Gasteiger charge is -2.33. The van der Waals surface area contributed by atoms with Crippen LogP contribution < -0.4 is 0 Å². The second kappa shape index (κ2) is 8.70. The average molecular weight is 338 g/mol. The topological polar surface area (TPSA) is 66.8 Å². The molecule has 0 spiro atoms. The van der Waals surface area contributed by atoms with Crippen LogP contribution in [0.2, 0.25) is 5.02 Å². The molecule has 0 unspecified atom stereocenters. The van der Waals surface area contributed by atoms with Crippen molar-refractivity contribution in [2.45, 2.75) is 25.3 Å². The molecule has 124 valence electrons. The maximum absolute atomic E-state index is 12.5. The molecule has 0 radical (unpaired) electrons. The van der Waals surface area contributed by atoms with Crippen LogP contribution in [0.15, 0.2) is 30.3 Å². The Bertz CT molecular complexity index is 564. The van der Waals surface area contributed by atoms with Gasteiger partial charge in [0.15, 0.2) is 0 Å². The van der Waals surface area contributed by atoms with Gasteiger partial charge in [-0.1, -0.05) is 23.7 Å². The number of halogens is 1. The van der Waals surface area contributed by atoms with Gasteiger partial charge in [-0.05, 0) is 36.6 Å². The van der Waals surface area contributed by atoms with Crippen LogP contribution in [-0.2, 0) is 14.3 Å². The molecule has 1 aromatic carbocycles. The fourth-order valence-corrected chi connectivity index (χ4v) is 2.65. The van der Waals surface area contributed by atoms with Gasteiger partial charge < -0.3 is 14.7 Å². The molecular formula is C17H20ClNO4. The molecule has 0 bridgehead atoms. The van der Waals surface area contributed by atoms with Crippen LogP contribution in [0.3, 0.4) is 0 Å². The van der Waals surface area contributed by atoms with E-state index in [-0.39, 0.29) is 24.9 Å². The lowest BCUT2D eigenvalue weighted by molar-refractivity contribution is -0.138. The van der Waals surface area contributed by atoms with Crippen molar-refractivity contribution in [2.75, 3.05) is 19.8 Å². The van der Waals surface area contributed by atoms with Gasteiger partial charge in [0.25, 0.3) is 0 Å². The van der Waals surface area contributed by atoms with Crippen molar-refractivity contribution >= 4 is 29.6 Å². The van der Waals surface area contributed by atoms with E-state index < -0.39 is 5.97 Å². The summed E-state index contributed by atoms with van der Waals surface area (Å²) in [5.41, 5.74) is 0.868. The Hall–Kier alpha value is -1.85. The van der Waals surface area contributed by atoms with Crippen molar-refractivity contribution in [2.24, 2.45) is 0 Å². The van der Waals surface area contributed by atoms with Crippen LogP contribution in [0.25, 0.3) is 6.08 Å². The molecule has 1 heterocycles. The number of ether oxygens (including phenoxy) is 1. The molecule has 0 aliphatic carbocycles. The van der Waals surface area contributed by atoms with E-state index in [1.165, 1.54) is 6.08 Å². The first-order valence-electron chi connectivity index (χ1n) is 7.60. The Morgan fingerprint density at radius 2 is 1.91 bits per heavy atom. The van der Waals surface area contributed by atoms with E-state index in [9.17, 15) is 9.59 Å². The number of nitrogens with zero attached hydrogens (tertiary/aromatic N) is 1. The van der Waals surface area contributed by atoms with Gasteiger partial charge in [0, 0.05) is 36.9 Å². The van der Waals surface area contributed by atoms with Gasteiger partial charge in [-0.3, -0.25) is 9.59 Å². The third kappa shape index (κ3) is 5.69. The van der Waals surface area contributed by atoms with Crippen LogP contribution in [0, 0.1) is 0 Å². The third-order valence-corrected chi connectivity index (χ3v) is 4.02. The van der Waals surface area contributed by atoms with Gasteiger partial charge in [0.1, 0.15) is 0 Å². The fraction of sp³-hybridized carbons (Fsp3) is 0.412. The second-order valence-electron chi connectivity index (χ2n) is 5.40. The first kappa shape index (κ1) is 17.5. The molecule has 0 saturated carbocycles. The number of carbonyl (C=O) groups excluding carboxylic acids is 1. The molecule has 6 heteroatoms. The number of carboxylic acids is 1. The van der Waals surface area contributed by atoms with E-state index in [0.29, 0.717) is 18.2 Å². The Labute approximate surface area is 140 Å². The molecule has 5 nitrogen and oxygen atoms in total. The van der Waals surface area contributed by atoms with Crippen LogP contribution in [0.1, 0.15) is 24.8 Å². The van der Waals surface area contributed by atoms with E-state index >= 15 is 0 Å². The highest BCUT2D eigenvalue weighted by molar-refractivity contribution is 6.30. The summed E-state index contributed by atoms with van der Waals surface area (Å²) < 4.78 is 5.31. The molecule has 1 saturated heterocycles. The van der Waals surface area contributed by atoms with Crippen molar-refractivity contribution in [1.82, 2.24) is 4.90 Å². The minimum Gasteiger partial charge on any atom is -0.481 e. The number of hydrogen-bond acceptors (Lipinski definition) is 3. The number of benzene rings is 1. The molecule has 1 fully saturated rings. The van der Waals surface area contributed by atoms with Gasteiger partial charge in [0.2, 0.25) is 5.91 Å². The number of aliphatic carboxylic acids is 1. The molecule has 1 aliphatic rings. The zero-order valence-electron chi connectivity index (χ0n) is 12.8. The highest BCUT2D eigenvalue weighted by atomic mass is 35.5. The summed E-state index contributed by atoms with van der Waals surface area (Å²) in [6.07, 6.45) is 4.62. The van der Waals surface area contributed by atoms with Crippen LogP contribution >= 0.6 is 11.6 Å². The standard InChI is InChI=1S/C17H20ClNO4/c18-14-4-1-13(2-5-14)3-6-16(20)19(10-7-17(21)22)15-8-11-23-12-9-15/h1-6,15H,7-12H2,(H,21,22). The maximum Gasteiger partial charge on any atom is 0.305 e. The van der Waals surface area contributed by atoms with Crippen LogP contribution in [0.5, 0.6) is 0 Å². The van der Waals surface area contributed by atoms with Gasteiger partial charge in [0.05, 0.1) is 6.42 Å². The normalized spacial score (nSPS) is 15.7. The van der Waals surface area contributed by atoms with E-state index in [4.69, 9.17) is 21.4 Å². The third-order valence-electron chi connectivity index (χ3n) is 3.77. The molecule has 0 atom stereocenters. The molecule has 23 heavy (non-hydrogen) atoms. The Balaban J connectivity index is 2.04. The summed E-state index contributed by atoms with van der Waals surface area (Å²) in [4.78, 5) is 24.9. The second-order valence-corrected chi connectivity index (χ2v) is 5.84. The zero-order chi connectivity index (χ0) is 16.7. The molecule has 1 N–H and O–H groups in total. The molecule has 1 aliphatic heterocycles. The van der Waals surface area contributed by atoms with Crippen molar-refractivity contribution < 1.29 is 19.4 Å². The number of rotatable bonds is 6. The van der Waals surface area contributed by atoms with E-state index in [0.717, 1.165) is 18.4 Å². The zero-order valence-corrected chi connectivity index (χ0v) is 13.5. The predicted octanol–water partition coefficient (Wildman–Crippen LogP) is 2.84. The quantitative estimate of drug-likeness (QED) is 0.810. The van der Waals surface area contributed by atoms with Crippen molar-refractivity contribution in [3.05, 3.63) is 40.9 Å². The fourth-order valence-electron chi connectivity index (χ4n) is 2.52. The molecule has 0 aromatic heterocycles. The highest BCUT2D eigenvalue weighted by Crippen LogP contribution is 2.16. The van der Waals surface area contributed by atoms with Gasteiger partial charge in [-0.25, -0.2) is 0 Å². The largest absolute Gasteiger partial charge is 0.481 e. The number of hydrogen-bond donors (Lipinski definition) is 1. The average Bonchev–Trinajstić information content (AvgIpc) is 2.55. The number of carboxylic acid groups (broad SMARTS) is 1. The van der Waals surface area contributed by atoms with Gasteiger partial charge in [-0.15, -0.1) is 0 Å². The summed E-state index contributed by atoms with van der Waals surface area (Å²) in [5.74, 6) is -1.08. The van der Waals surface area contributed by atoms with Gasteiger partial charge in [-0.2, -0.15) is 0 Å². The smallest absolute Gasteiger partial charge is 0.305 e. The first-order valence-corrected chi connectivity index (χ1v) is 7.98. The van der Waals surface area contributed by atoms with Crippen molar-refractivity contribution in [3.8, 4) is 0 Å². The van der Waals surface area contributed by atoms with Gasteiger partial charge >= 0.3 is 5.97 Å². The summed E-state index contributed by atoms with van der Waals surface area (Å²) >= 11 is 5.83. The van der Waals surface area contributed by atoms with Crippen molar-refractivity contribution in [3.63, 3.8) is 0 Å². The molecule has 2 rings (SSSR count). The highest BCUT2D eigenvalue weighted by Gasteiger charge is 2.24. The minimum absolute atomic E-state index is 0.0328. The SMILES string of the molecule is O=C(O)CCN(C(=O)C=Cc1ccc(Cl)cc1)C1CCOCC1. The molecular weight excluding hydrogens is 318 g/mol. The molecule has 1 aromatic rings. The van der Waals surface area contributed by atoms with E-state index in [1.54, 1.807) is 23.1 Å². The summed E-state index contributed by atoms with van der Waals surface area (Å²) in [6.45, 7) is 1.41. The van der Waals surface area contributed by atoms with E-state index in [1.807, 2.05) is 12.1 Å². The Morgan fingerprint density at radius 3 is 2.52 bits per heavy atom. The molecule has 1 amide bonds. The summed E-state index contributed by atoms with van der Waals surface area (Å²) in [7, 11) is 0. The van der Waals surface area contributed by atoms with Crippen molar-refractivity contribution in [1.29, 1.82) is 0 Å². The summed E-state index contributed by atoms with van der Waals surface area (Å²) in [6, 6.07) is 7.19. The minimum atomic E-state index is -0.906. The number of amides is 1. The first-order chi connectivity index (χ1) is 11.1. The van der Waals surface area contributed by atoms with E-state index in [2.05, 4.69) is 0 Å². The number of carbonyl (C=O) groups is 2.